The topological polar surface area (TPSA) is 38.1 Å². The molecule has 1 atom stereocenters. The van der Waals surface area contributed by atoms with Crippen molar-refractivity contribution in [2.75, 3.05) is 25.1 Å². The van der Waals surface area contributed by atoms with E-state index < -0.39 is 0 Å². The first-order valence-corrected chi connectivity index (χ1v) is 7.22. The third kappa shape index (κ3) is 2.90. The molecule has 1 aromatic heterocycles. The van der Waals surface area contributed by atoms with Crippen LogP contribution in [0.15, 0.2) is 12.4 Å². The molecule has 5 heteroatoms. The fraction of sp³-hybridized carbons (Fsp3) is 0.667. The Morgan fingerprint density at radius 1 is 1.65 bits per heavy atom. The molecule has 4 nitrogen and oxygen atoms in total. The van der Waals surface area contributed by atoms with Gasteiger partial charge >= 0.3 is 0 Å². The summed E-state index contributed by atoms with van der Waals surface area (Å²) in [4.78, 5) is 14.5. The summed E-state index contributed by atoms with van der Waals surface area (Å²) >= 11 is 1.86. The van der Waals surface area contributed by atoms with Gasteiger partial charge in [-0.25, -0.2) is 0 Å². The number of thioether (sulfide) groups is 1. The van der Waals surface area contributed by atoms with Crippen molar-refractivity contribution in [3.63, 3.8) is 0 Å². The molecule has 0 spiro atoms. The largest absolute Gasteiger partial charge is 0.295 e. The molecule has 2 heterocycles. The second kappa shape index (κ2) is 5.69. The zero-order valence-electron chi connectivity index (χ0n) is 10.4. The number of hydrogen-bond donors (Lipinski definition) is 0. The molecule has 0 amide bonds. The minimum atomic E-state index is 0.0213. The van der Waals surface area contributed by atoms with Crippen molar-refractivity contribution in [3.8, 4) is 0 Å². The lowest BCUT2D eigenvalue weighted by Gasteiger charge is -2.30. The number of aryl methyl sites for hydroxylation is 1. The maximum Gasteiger partial charge on any atom is 0.183 e. The summed E-state index contributed by atoms with van der Waals surface area (Å²) in [5, 5.41) is 4.22. The average Bonchev–Trinajstić information content (AvgIpc) is 2.78. The van der Waals surface area contributed by atoms with Crippen LogP contribution in [-0.2, 0) is 6.54 Å². The summed E-state index contributed by atoms with van der Waals surface area (Å²) < 4.78 is 1.85. The molecule has 2 rings (SSSR count). The number of carbonyl (C=O) groups excluding carboxylic acids is 1. The third-order valence-electron chi connectivity index (χ3n) is 3.07. The normalized spacial score (nSPS) is 21.6. The molecule has 0 saturated carbocycles. The lowest BCUT2D eigenvalue weighted by atomic mass is 10.1. The van der Waals surface area contributed by atoms with Crippen molar-refractivity contribution in [2.45, 2.75) is 25.9 Å². The molecule has 0 radical (unpaired) electrons. The second-order valence-corrected chi connectivity index (χ2v) is 5.58. The Labute approximate surface area is 106 Å². The Morgan fingerprint density at radius 2 is 2.47 bits per heavy atom. The van der Waals surface area contributed by atoms with Crippen LogP contribution in [0.1, 0.15) is 23.7 Å². The predicted molar refractivity (Wildman–Crippen MR) is 70.6 cm³/mol. The fourth-order valence-electron chi connectivity index (χ4n) is 2.00. The van der Waals surface area contributed by atoms with Crippen molar-refractivity contribution in [1.82, 2.24) is 14.7 Å². The zero-order chi connectivity index (χ0) is 12.3. The summed E-state index contributed by atoms with van der Waals surface area (Å²) in [6.45, 7) is 3.97. The zero-order valence-corrected chi connectivity index (χ0v) is 11.2. The van der Waals surface area contributed by atoms with Crippen LogP contribution in [0.4, 0.5) is 0 Å². The molecule has 17 heavy (non-hydrogen) atoms. The number of likely N-dealkylation sites (N-methyl/N-ethyl adjacent to an activating group) is 1. The van der Waals surface area contributed by atoms with Gasteiger partial charge in [0.2, 0.25) is 0 Å². The maximum absolute atomic E-state index is 12.3. The Balaban J connectivity index is 2.07. The number of hydrogen-bond acceptors (Lipinski definition) is 4. The minimum Gasteiger partial charge on any atom is -0.295 e. The van der Waals surface area contributed by atoms with E-state index in [2.05, 4.69) is 16.9 Å². The van der Waals surface area contributed by atoms with Crippen molar-refractivity contribution >= 4 is 17.5 Å². The second-order valence-electron chi connectivity index (χ2n) is 4.43. The molecule has 0 aliphatic carbocycles. The molecule has 1 aromatic rings. The Bertz CT molecular complexity index is 391. The van der Waals surface area contributed by atoms with Crippen LogP contribution in [0.25, 0.3) is 0 Å². The van der Waals surface area contributed by atoms with Crippen LogP contribution < -0.4 is 0 Å². The highest BCUT2D eigenvalue weighted by Gasteiger charge is 2.27. The van der Waals surface area contributed by atoms with E-state index in [9.17, 15) is 4.79 Å². The van der Waals surface area contributed by atoms with Crippen LogP contribution in [-0.4, -0.2) is 51.6 Å². The van der Waals surface area contributed by atoms with E-state index >= 15 is 0 Å². The summed E-state index contributed by atoms with van der Waals surface area (Å²) in [6.07, 6.45) is 4.61. The van der Waals surface area contributed by atoms with E-state index in [1.165, 1.54) is 0 Å². The van der Waals surface area contributed by atoms with Gasteiger partial charge in [-0.2, -0.15) is 16.9 Å². The monoisotopic (exact) mass is 253 g/mol. The SMILES string of the molecule is CCCn1cc(C(=O)C2CSCCN2C)cn1. The van der Waals surface area contributed by atoms with Gasteiger partial charge in [-0.3, -0.25) is 14.4 Å². The third-order valence-corrected chi connectivity index (χ3v) is 4.09. The van der Waals surface area contributed by atoms with E-state index in [1.54, 1.807) is 6.20 Å². The van der Waals surface area contributed by atoms with Gasteiger partial charge in [-0.15, -0.1) is 0 Å². The highest BCUT2D eigenvalue weighted by Crippen LogP contribution is 2.18. The molecule has 1 aliphatic heterocycles. The van der Waals surface area contributed by atoms with Gasteiger partial charge in [-0.05, 0) is 13.5 Å². The number of carbonyl (C=O) groups is 1. The summed E-state index contributed by atoms with van der Waals surface area (Å²) in [7, 11) is 2.03. The number of aromatic nitrogens is 2. The number of nitrogens with zero attached hydrogens (tertiary/aromatic N) is 3. The van der Waals surface area contributed by atoms with Gasteiger partial charge in [0.05, 0.1) is 17.8 Å². The molecule has 1 fully saturated rings. The number of Topliss-reactive ketones (excluding diaryl/α,β-unsaturated/α-hetero) is 1. The van der Waals surface area contributed by atoms with E-state index in [0.29, 0.717) is 0 Å². The van der Waals surface area contributed by atoms with E-state index in [1.807, 2.05) is 29.7 Å². The van der Waals surface area contributed by atoms with Gasteiger partial charge < -0.3 is 0 Å². The lowest BCUT2D eigenvalue weighted by Crippen LogP contribution is -2.44. The predicted octanol–water partition coefficient (Wildman–Crippen LogP) is 1.52. The fourth-order valence-corrected chi connectivity index (χ4v) is 3.21. The van der Waals surface area contributed by atoms with Gasteiger partial charge in [0.15, 0.2) is 5.78 Å². The lowest BCUT2D eigenvalue weighted by molar-refractivity contribution is 0.0874. The smallest absolute Gasteiger partial charge is 0.183 e. The van der Waals surface area contributed by atoms with Crippen molar-refractivity contribution in [1.29, 1.82) is 0 Å². The van der Waals surface area contributed by atoms with Gasteiger partial charge in [0, 0.05) is 30.8 Å². The Morgan fingerprint density at radius 3 is 3.18 bits per heavy atom. The molecule has 1 unspecified atom stereocenters. The Hall–Kier alpha value is -0.810. The van der Waals surface area contributed by atoms with Gasteiger partial charge in [0.25, 0.3) is 0 Å². The molecule has 94 valence electrons. The van der Waals surface area contributed by atoms with Gasteiger partial charge in [-0.1, -0.05) is 6.92 Å². The average molecular weight is 253 g/mol. The van der Waals surface area contributed by atoms with Crippen LogP contribution in [0.5, 0.6) is 0 Å². The summed E-state index contributed by atoms with van der Waals surface area (Å²) in [5.74, 6) is 2.23. The molecule has 1 saturated heterocycles. The van der Waals surface area contributed by atoms with E-state index in [4.69, 9.17) is 0 Å². The van der Waals surface area contributed by atoms with Crippen LogP contribution in [0.3, 0.4) is 0 Å². The van der Waals surface area contributed by atoms with Crippen molar-refractivity contribution in [2.24, 2.45) is 0 Å². The minimum absolute atomic E-state index is 0.0213. The molecule has 1 aliphatic rings. The van der Waals surface area contributed by atoms with Crippen LogP contribution in [0.2, 0.25) is 0 Å². The van der Waals surface area contributed by atoms with Gasteiger partial charge in [0.1, 0.15) is 0 Å². The quantitative estimate of drug-likeness (QED) is 0.763. The molecule has 0 aromatic carbocycles. The van der Waals surface area contributed by atoms with Crippen molar-refractivity contribution < 1.29 is 4.79 Å². The molecule has 0 N–H and O–H groups in total. The molecular formula is C12H19N3OS. The summed E-state index contributed by atoms with van der Waals surface area (Å²) in [6, 6.07) is 0.0213. The van der Waals surface area contributed by atoms with Crippen molar-refractivity contribution in [3.05, 3.63) is 18.0 Å². The number of rotatable bonds is 4. The molecule has 0 bridgehead atoms. The highest BCUT2D eigenvalue weighted by atomic mass is 32.2. The first kappa shape index (κ1) is 12.6. The maximum atomic E-state index is 12.3. The first-order chi connectivity index (χ1) is 8.22. The summed E-state index contributed by atoms with van der Waals surface area (Å²) in [5.41, 5.74) is 0.748. The van der Waals surface area contributed by atoms with E-state index in [0.717, 1.165) is 36.6 Å². The standard InChI is InChI=1S/C12H19N3OS/c1-3-4-15-8-10(7-13-15)12(16)11-9-17-6-5-14(11)2/h7-8,11H,3-6,9H2,1-2H3. The number of ketones is 1. The Kier molecular flexibility index (Phi) is 4.23. The van der Waals surface area contributed by atoms with Crippen LogP contribution >= 0.6 is 11.8 Å². The van der Waals surface area contributed by atoms with E-state index in [-0.39, 0.29) is 11.8 Å². The van der Waals surface area contributed by atoms with Crippen LogP contribution in [0, 0.1) is 0 Å². The molecular weight excluding hydrogens is 234 g/mol. The first-order valence-electron chi connectivity index (χ1n) is 6.07. The highest BCUT2D eigenvalue weighted by molar-refractivity contribution is 7.99.